The van der Waals surface area contributed by atoms with Crippen LogP contribution in [0.15, 0.2) is 30.6 Å². The smallest absolute Gasteiger partial charge is 0.124 e. The van der Waals surface area contributed by atoms with Crippen LogP contribution in [-0.4, -0.2) is 19.1 Å². The van der Waals surface area contributed by atoms with Gasteiger partial charge in [-0.25, -0.2) is 9.97 Å². The Morgan fingerprint density at radius 2 is 2.10 bits per heavy atom. The number of hydrogen-bond donors (Lipinski definition) is 0. The van der Waals surface area contributed by atoms with Gasteiger partial charge in [-0.1, -0.05) is 12.1 Å². The van der Waals surface area contributed by atoms with E-state index in [1.54, 1.807) is 0 Å². The Hall–Kier alpha value is -1.81. The third-order valence-electron chi connectivity index (χ3n) is 3.66. The molecule has 5 heteroatoms. The molecule has 3 aromatic rings. The van der Waals surface area contributed by atoms with Gasteiger partial charge in [-0.3, -0.25) is 0 Å². The van der Waals surface area contributed by atoms with E-state index in [0.717, 1.165) is 35.6 Å². The van der Waals surface area contributed by atoms with Gasteiger partial charge < -0.3 is 9.13 Å². The van der Waals surface area contributed by atoms with Gasteiger partial charge in [0.25, 0.3) is 0 Å². The lowest BCUT2D eigenvalue weighted by Crippen LogP contribution is -2.08. The second kappa shape index (κ2) is 5.29. The molecule has 0 unspecified atom stereocenters. The highest BCUT2D eigenvalue weighted by atomic mass is 35.5. The van der Waals surface area contributed by atoms with Gasteiger partial charge in [-0.05, 0) is 18.6 Å². The van der Waals surface area contributed by atoms with Crippen molar-refractivity contribution < 1.29 is 0 Å². The van der Waals surface area contributed by atoms with E-state index >= 15 is 0 Å². The summed E-state index contributed by atoms with van der Waals surface area (Å²) in [7, 11) is 2.01. The summed E-state index contributed by atoms with van der Waals surface area (Å²) < 4.78 is 4.24. The fourth-order valence-electron chi connectivity index (χ4n) is 2.54. The maximum absolute atomic E-state index is 6.04. The monoisotopic (exact) mass is 288 g/mol. The Bertz CT molecular complexity index is 741. The zero-order valence-corrected chi connectivity index (χ0v) is 12.4. The number of benzene rings is 1. The molecule has 20 heavy (non-hydrogen) atoms. The minimum atomic E-state index is 0.425. The number of nitrogens with zero attached hydrogens (tertiary/aromatic N) is 4. The van der Waals surface area contributed by atoms with Crippen molar-refractivity contribution in [2.75, 3.05) is 0 Å². The molecule has 0 amide bonds. The Labute approximate surface area is 123 Å². The first-order chi connectivity index (χ1) is 9.70. The van der Waals surface area contributed by atoms with E-state index in [1.807, 2.05) is 24.0 Å². The molecule has 1 aromatic carbocycles. The van der Waals surface area contributed by atoms with Gasteiger partial charge in [0, 0.05) is 32.4 Å². The molecular formula is C15H17ClN4. The molecule has 104 valence electrons. The largest absolute Gasteiger partial charge is 0.338 e. The summed E-state index contributed by atoms with van der Waals surface area (Å²) >= 11 is 6.04. The molecule has 0 aliphatic heterocycles. The van der Waals surface area contributed by atoms with E-state index in [9.17, 15) is 0 Å². The predicted molar refractivity (Wildman–Crippen MR) is 80.9 cm³/mol. The topological polar surface area (TPSA) is 35.6 Å². The average Bonchev–Trinajstić information content (AvgIpc) is 3.01. The van der Waals surface area contributed by atoms with E-state index in [4.69, 9.17) is 11.6 Å². The van der Waals surface area contributed by atoms with E-state index in [1.165, 1.54) is 5.56 Å². The molecule has 0 N–H and O–H groups in total. The van der Waals surface area contributed by atoms with E-state index in [0.29, 0.717) is 5.88 Å². The minimum Gasteiger partial charge on any atom is -0.338 e. The molecule has 0 atom stereocenters. The van der Waals surface area contributed by atoms with E-state index < -0.39 is 0 Å². The highest BCUT2D eigenvalue weighted by Gasteiger charge is 2.12. The number of halogens is 1. The molecule has 2 aromatic heterocycles. The summed E-state index contributed by atoms with van der Waals surface area (Å²) in [6.07, 6.45) is 4.66. The molecule has 2 heterocycles. The first-order valence-corrected chi connectivity index (χ1v) is 7.21. The Morgan fingerprint density at radius 1 is 1.25 bits per heavy atom. The van der Waals surface area contributed by atoms with Crippen molar-refractivity contribution in [3.63, 3.8) is 0 Å². The number of aryl methyl sites for hydroxylation is 4. The highest BCUT2D eigenvalue weighted by Crippen LogP contribution is 2.21. The number of rotatable bonds is 4. The first-order valence-electron chi connectivity index (χ1n) is 6.67. The van der Waals surface area contributed by atoms with Crippen LogP contribution in [0.25, 0.3) is 11.0 Å². The van der Waals surface area contributed by atoms with Crippen molar-refractivity contribution in [1.82, 2.24) is 19.1 Å². The molecule has 0 saturated heterocycles. The number of imidazole rings is 2. The van der Waals surface area contributed by atoms with Gasteiger partial charge in [0.15, 0.2) is 0 Å². The number of hydrogen-bond acceptors (Lipinski definition) is 2. The maximum Gasteiger partial charge on any atom is 0.124 e. The second-order valence-electron chi connectivity index (χ2n) is 4.96. The van der Waals surface area contributed by atoms with Gasteiger partial charge in [0.05, 0.1) is 16.9 Å². The van der Waals surface area contributed by atoms with Crippen molar-refractivity contribution in [2.45, 2.75) is 25.8 Å². The number of para-hydroxylation sites is 1. The molecule has 0 saturated carbocycles. The van der Waals surface area contributed by atoms with Crippen molar-refractivity contribution in [1.29, 1.82) is 0 Å². The molecule has 0 spiro atoms. The number of aromatic nitrogens is 4. The lowest BCUT2D eigenvalue weighted by atomic mass is 10.2. The molecule has 4 nitrogen and oxygen atoms in total. The first kappa shape index (κ1) is 13.2. The van der Waals surface area contributed by atoms with Gasteiger partial charge in [-0.2, -0.15) is 0 Å². The van der Waals surface area contributed by atoms with Crippen LogP contribution in [0, 0.1) is 6.92 Å². The fraction of sp³-hybridized carbons (Fsp3) is 0.333. The summed E-state index contributed by atoms with van der Waals surface area (Å²) in [5, 5.41) is 0. The Kier molecular flexibility index (Phi) is 3.49. The molecular weight excluding hydrogens is 272 g/mol. The van der Waals surface area contributed by atoms with Crippen LogP contribution >= 0.6 is 11.6 Å². The number of alkyl halides is 1. The van der Waals surface area contributed by atoms with Gasteiger partial charge in [0.1, 0.15) is 11.6 Å². The van der Waals surface area contributed by atoms with Crippen molar-refractivity contribution in [2.24, 2.45) is 7.05 Å². The summed E-state index contributed by atoms with van der Waals surface area (Å²) in [5.74, 6) is 2.42. The summed E-state index contributed by atoms with van der Waals surface area (Å²) in [4.78, 5) is 9.02. The molecule has 0 aliphatic rings. The van der Waals surface area contributed by atoms with Crippen molar-refractivity contribution >= 4 is 22.6 Å². The predicted octanol–water partition coefficient (Wildman–Crippen LogP) is 3.06. The van der Waals surface area contributed by atoms with Crippen LogP contribution in [0.5, 0.6) is 0 Å². The number of fused-ring (bicyclic) bond motifs is 1. The normalized spacial score (nSPS) is 11.3. The fourth-order valence-corrected chi connectivity index (χ4v) is 2.74. The average molecular weight is 289 g/mol. The summed E-state index contributed by atoms with van der Waals surface area (Å²) in [6.45, 7) is 2.92. The highest BCUT2D eigenvalue weighted by molar-refractivity contribution is 6.16. The molecule has 0 aliphatic carbocycles. The second-order valence-corrected chi connectivity index (χ2v) is 5.23. The minimum absolute atomic E-state index is 0.425. The molecule has 0 fully saturated rings. The van der Waals surface area contributed by atoms with Crippen LogP contribution in [0.3, 0.4) is 0 Å². The van der Waals surface area contributed by atoms with Gasteiger partial charge in [-0.15, -0.1) is 11.6 Å². The molecule has 3 rings (SSSR count). The quantitative estimate of drug-likeness (QED) is 0.692. The van der Waals surface area contributed by atoms with Gasteiger partial charge in [0.2, 0.25) is 0 Å². The van der Waals surface area contributed by atoms with E-state index in [-0.39, 0.29) is 0 Å². The lowest BCUT2D eigenvalue weighted by Gasteiger charge is -2.08. The van der Waals surface area contributed by atoms with Crippen molar-refractivity contribution in [3.8, 4) is 0 Å². The molecule has 0 radical (unpaired) electrons. The molecule has 0 bridgehead atoms. The Balaban J connectivity index is 1.98. The van der Waals surface area contributed by atoms with Crippen molar-refractivity contribution in [3.05, 3.63) is 47.8 Å². The third kappa shape index (κ3) is 2.20. The maximum atomic E-state index is 6.04. The zero-order chi connectivity index (χ0) is 14.1. The van der Waals surface area contributed by atoms with Crippen LogP contribution in [-0.2, 0) is 25.9 Å². The summed E-state index contributed by atoms with van der Waals surface area (Å²) in [6, 6.07) is 6.24. The van der Waals surface area contributed by atoms with Crippen LogP contribution in [0.2, 0.25) is 0 Å². The summed E-state index contributed by atoms with van der Waals surface area (Å²) in [5.41, 5.74) is 3.38. The Morgan fingerprint density at radius 3 is 2.80 bits per heavy atom. The van der Waals surface area contributed by atoms with Gasteiger partial charge >= 0.3 is 0 Å². The SMILES string of the molecule is Cc1cccc2c1nc(CCl)n2CCc1nccn1C. The zero-order valence-electron chi connectivity index (χ0n) is 11.7. The van der Waals surface area contributed by atoms with Crippen LogP contribution in [0.4, 0.5) is 0 Å². The van der Waals surface area contributed by atoms with E-state index in [2.05, 4.69) is 39.7 Å². The lowest BCUT2D eigenvalue weighted by molar-refractivity contribution is 0.646. The van der Waals surface area contributed by atoms with Crippen LogP contribution < -0.4 is 0 Å². The third-order valence-corrected chi connectivity index (χ3v) is 3.90. The van der Waals surface area contributed by atoms with Crippen LogP contribution in [0.1, 0.15) is 17.2 Å². The standard InChI is InChI=1S/C15H17ClN4/c1-11-4-3-5-12-15(11)18-14(10-16)20(12)8-6-13-17-7-9-19(13)2/h3-5,7,9H,6,8,10H2,1-2H3.